The lowest BCUT2D eigenvalue weighted by Crippen LogP contribution is -2.45. The molecule has 0 radical (unpaired) electrons. The number of rotatable bonds is 5. The maximum atomic E-state index is 10.6. The molecule has 1 unspecified atom stereocenters. The Morgan fingerprint density at radius 1 is 1.21 bits per heavy atom. The molecule has 5 nitrogen and oxygen atoms in total. The molecule has 0 bridgehead atoms. The van der Waals surface area contributed by atoms with Gasteiger partial charge in [0, 0.05) is 19.6 Å². The van der Waals surface area contributed by atoms with Gasteiger partial charge in [0.15, 0.2) is 5.96 Å². The van der Waals surface area contributed by atoms with E-state index in [-0.39, 0.29) is 30.5 Å². The summed E-state index contributed by atoms with van der Waals surface area (Å²) in [5.74, 6) is 1.39. The maximum absolute atomic E-state index is 10.6. The molecule has 0 saturated carbocycles. The number of aliphatic hydroxyl groups is 1. The number of aliphatic imine (C=N–C) groups is 1. The molecule has 0 amide bonds. The number of likely N-dealkylation sites (tertiary alicyclic amines) is 1. The average molecular weight is 495 g/mol. The molecule has 28 heavy (non-hydrogen) atoms. The van der Waals surface area contributed by atoms with E-state index in [1.165, 1.54) is 11.1 Å². The number of halogens is 1. The molecule has 2 aromatic rings. The Bertz CT molecular complexity index is 760. The van der Waals surface area contributed by atoms with Gasteiger partial charge in [0.25, 0.3) is 0 Å². The highest BCUT2D eigenvalue weighted by molar-refractivity contribution is 14.0. The molecule has 6 heteroatoms. The monoisotopic (exact) mass is 495 g/mol. The molecule has 1 saturated heterocycles. The molecule has 1 aliphatic rings. The molecule has 2 heterocycles. The Morgan fingerprint density at radius 3 is 2.54 bits per heavy atom. The van der Waals surface area contributed by atoms with Crippen LogP contribution in [0.5, 0.6) is 0 Å². The largest absolute Gasteiger partial charge is 0.466 e. The summed E-state index contributed by atoms with van der Waals surface area (Å²) < 4.78 is 5.35. The van der Waals surface area contributed by atoms with Crippen LogP contribution in [0.1, 0.15) is 38.0 Å². The number of benzene rings is 1. The number of furan rings is 1. The molecule has 1 aromatic heterocycles. The average Bonchev–Trinajstić information content (AvgIpc) is 3.23. The minimum absolute atomic E-state index is 0. The summed E-state index contributed by atoms with van der Waals surface area (Å²) in [6.45, 7) is 6.69. The smallest absolute Gasteiger partial charge is 0.194 e. The number of guanidine groups is 1. The van der Waals surface area contributed by atoms with Crippen molar-refractivity contribution < 1.29 is 9.52 Å². The summed E-state index contributed by atoms with van der Waals surface area (Å²) in [5, 5.41) is 14.0. The van der Waals surface area contributed by atoms with E-state index in [1.54, 1.807) is 25.3 Å². The normalized spacial score (nSPS) is 16.9. The van der Waals surface area contributed by atoms with Gasteiger partial charge in [-0.3, -0.25) is 0 Å². The number of hydrogen-bond acceptors (Lipinski definition) is 3. The predicted molar refractivity (Wildman–Crippen MR) is 125 cm³/mol. The minimum Gasteiger partial charge on any atom is -0.466 e. The SMILES string of the molecule is CCNC(=NCC(C)(O)c1ccco1)N1CCC(=Cc2ccccc2)CC1.I. The van der Waals surface area contributed by atoms with Crippen LogP contribution in [-0.4, -0.2) is 42.1 Å². The van der Waals surface area contributed by atoms with E-state index >= 15 is 0 Å². The third kappa shape index (κ3) is 6.10. The molecule has 1 atom stereocenters. The van der Waals surface area contributed by atoms with Gasteiger partial charge in [-0.25, -0.2) is 4.99 Å². The van der Waals surface area contributed by atoms with E-state index in [0.29, 0.717) is 5.76 Å². The van der Waals surface area contributed by atoms with Gasteiger partial charge in [0.05, 0.1) is 12.8 Å². The van der Waals surface area contributed by atoms with Gasteiger partial charge >= 0.3 is 0 Å². The summed E-state index contributed by atoms with van der Waals surface area (Å²) in [6, 6.07) is 14.0. The summed E-state index contributed by atoms with van der Waals surface area (Å²) in [6.07, 6.45) is 5.91. The highest BCUT2D eigenvalue weighted by Gasteiger charge is 2.27. The Hall–Kier alpha value is -1.80. The number of nitrogens with one attached hydrogen (secondary N) is 1. The molecular formula is C22H30IN3O2. The first-order valence-corrected chi connectivity index (χ1v) is 9.62. The Balaban J connectivity index is 0.00000280. The number of nitrogens with zero attached hydrogens (tertiary/aromatic N) is 2. The fraction of sp³-hybridized carbons (Fsp3) is 0.409. The van der Waals surface area contributed by atoms with Crippen molar-refractivity contribution in [2.75, 3.05) is 26.2 Å². The highest BCUT2D eigenvalue weighted by Crippen LogP contribution is 2.22. The lowest BCUT2D eigenvalue weighted by atomic mass is 10.0. The highest BCUT2D eigenvalue weighted by atomic mass is 127. The van der Waals surface area contributed by atoms with Crippen LogP contribution in [0.15, 0.2) is 63.7 Å². The molecule has 1 aromatic carbocycles. The molecule has 0 spiro atoms. The van der Waals surface area contributed by atoms with Crippen molar-refractivity contribution in [3.63, 3.8) is 0 Å². The third-order valence-electron chi connectivity index (χ3n) is 4.80. The first-order valence-electron chi connectivity index (χ1n) is 9.62. The van der Waals surface area contributed by atoms with Gasteiger partial charge in [-0.05, 0) is 44.4 Å². The molecular weight excluding hydrogens is 465 g/mol. The van der Waals surface area contributed by atoms with Crippen molar-refractivity contribution in [2.45, 2.75) is 32.3 Å². The lowest BCUT2D eigenvalue weighted by molar-refractivity contribution is 0.0434. The van der Waals surface area contributed by atoms with Gasteiger partial charge in [0.1, 0.15) is 11.4 Å². The van der Waals surface area contributed by atoms with Crippen molar-refractivity contribution in [3.05, 3.63) is 65.6 Å². The summed E-state index contributed by atoms with van der Waals surface area (Å²) in [4.78, 5) is 6.94. The Morgan fingerprint density at radius 2 is 1.93 bits per heavy atom. The zero-order valence-electron chi connectivity index (χ0n) is 16.6. The number of hydrogen-bond donors (Lipinski definition) is 2. The van der Waals surface area contributed by atoms with E-state index in [9.17, 15) is 5.11 Å². The van der Waals surface area contributed by atoms with E-state index in [0.717, 1.165) is 38.4 Å². The van der Waals surface area contributed by atoms with Gasteiger partial charge in [-0.15, -0.1) is 24.0 Å². The van der Waals surface area contributed by atoms with E-state index in [1.807, 2.05) is 6.07 Å². The predicted octanol–water partition coefficient (Wildman–Crippen LogP) is 4.25. The standard InChI is InChI=1S/C22H29N3O2.HI/c1-3-23-21(24-17-22(2,26)20-10-7-15-27-20)25-13-11-19(12-14-25)16-18-8-5-4-6-9-18;/h4-10,15-16,26H,3,11-14,17H2,1-2H3,(H,23,24);1H. The fourth-order valence-corrected chi connectivity index (χ4v) is 3.25. The second kappa shape index (κ2) is 10.7. The lowest BCUT2D eigenvalue weighted by Gasteiger charge is -2.32. The number of piperidine rings is 1. The van der Waals surface area contributed by atoms with E-state index in [2.05, 4.69) is 52.5 Å². The van der Waals surface area contributed by atoms with Gasteiger partial charge in [-0.1, -0.05) is 42.0 Å². The van der Waals surface area contributed by atoms with Crippen LogP contribution >= 0.6 is 24.0 Å². The molecule has 2 N–H and O–H groups in total. The van der Waals surface area contributed by atoms with Crippen LogP contribution in [0.3, 0.4) is 0 Å². The zero-order valence-corrected chi connectivity index (χ0v) is 18.9. The topological polar surface area (TPSA) is 61.0 Å². The molecule has 1 fully saturated rings. The van der Waals surface area contributed by atoms with E-state index < -0.39 is 5.60 Å². The molecule has 1 aliphatic heterocycles. The second-order valence-corrected chi connectivity index (χ2v) is 7.12. The summed E-state index contributed by atoms with van der Waals surface area (Å²) in [5.41, 5.74) is 1.62. The van der Waals surface area contributed by atoms with E-state index in [4.69, 9.17) is 4.42 Å². The van der Waals surface area contributed by atoms with Crippen molar-refractivity contribution in [1.82, 2.24) is 10.2 Å². The third-order valence-corrected chi connectivity index (χ3v) is 4.80. The minimum atomic E-state index is -1.11. The zero-order chi connectivity index (χ0) is 19.1. The van der Waals surface area contributed by atoms with Crippen molar-refractivity contribution in [3.8, 4) is 0 Å². The van der Waals surface area contributed by atoms with Crippen molar-refractivity contribution in [1.29, 1.82) is 0 Å². The molecule has 0 aliphatic carbocycles. The van der Waals surface area contributed by atoms with Crippen LogP contribution in [0.25, 0.3) is 6.08 Å². The van der Waals surface area contributed by atoms with Crippen LogP contribution < -0.4 is 5.32 Å². The first-order chi connectivity index (χ1) is 13.1. The molecule has 152 valence electrons. The Kier molecular flexibility index (Phi) is 8.57. The molecule has 3 rings (SSSR count). The van der Waals surface area contributed by atoms with Crippen LogP contribution in [0.2, 0.25) is 0 Å². The van der Waals surface area contributed by atoms with Gasteiger partial charge < -0.3 is 19.7 Å². The summed E-state index contributed by atoms with van der Waals surface area (Å²) >= 11 is 0. The summed E-state index contributed by atoms with van der Waals surface area (Å²) in [7, 11) is 0. The van der Waals surface area contributed by atoms with Gasteiger partial charge in [0.2, 0.25) is 0 Å². The van der Waals surface area contributed by atoms with Crippen molar-refractivity contribution >= 4 is 36.0 Å². The van der Waals surface area contributed by atoms with Crippen LogP contribution in [0.4, 0.5) is 0 Å². The quantitative estimate of drug-likeness (QED) is 0.370. The first kappa shape index (κ1) is 22.5. The fourth-order valence-electron chi connectivity index (χ4n) is 3.25. The maximum Gasteiger partial charge on any atom is 0.194 e. The van der Waals surface area contributed by atoms with Crippen molar-refractivity contribution in [2.24, 2.45) is 4.99 Å². The Labute approximate surface area is 184 Å². The van der Waals surface area contributed by atoms with Crippen LogP contribution in [-0.2, 0) is 5.60 Å². The second-order valence-electron chi connectivity index (χ2n) is 7.12. The van der Waals surface area contributed by atoms with Crippen LogP contribution in [0, 0.1) is 0 Å². The van der Waals surface area contributed by atoms with Gasteiger partial charge in [-0.2, -0.15) is 0 Å².